The van der Waals surface area contributed by atoms with Gasteiger partial charge in [0.2, 0.25) is 5.91 Å². The maximum absolute atomic E-state index is 12.3. The van der Waals surface area contributed by atoms with Gasteiger partial charge in [-0.3, -0.25) is 4.79 Å². The Morgan fingerprint density at radius 3 is 2.75 bits per heavy atom. The molecule has 1 saturated heterocycles. The topological polar surface area (TPSA) is 61.8 Å². The number of benzene rings is 1. The second kappa shape index (κ2) is 9.54. The number of aliphatic hydroxyl groups is 1. The Balaban J connectivity index is 1.68. The molecule has 1 fully saturated rings. The summed E-state index contributed by atoms with van der Waals surface area (Å²) in [6.45, 7) is 0.270. The number of hydrogen-bond donors (Lipinski definition) is 2. The van der Waals surface area contributed by atoms with Crippen LogP contribution in [0.5, 0.6) is 5.75 Å². The highest BCUT2D eigenvalue weighted by molar-refractivity contribution is 5.79. The first-order valence-electron chi connectivity index (χ1n) is 8.24. The van der Waals surface area contributed by atoms with Gasteiger partial charge < -0.3 is 20.1 Å². The molecule has 1 aliphatic heterocycles. The van der Waals surface area contributed by atoms with Crippen molar-refractivity contribution in [3.05, 3.63) is 29.8 Å². The highest BCUT2D eigenvalue weighted by Gasteiger charge is 2.16. The summed E-state index contributed by atoms with van der Waals surface area (Å²) in [4.78, 5) is 14.2. The van der Waals surface area contributed by atoms with E-state index in [1.54, 1.807) is 18.2 Å². The third kappa shape index (κ3) is 6.41. The molecule has 1 aliphatic rings. The molecule has 2 rings (SSSR count). The highest BCUT2D eigenvalue weighted by Crippen LogP contribution is 2.20. The van der Waals surface area contributed by atoms with E-state index in [-0.39, 0.29) is 24.2 Å². The van der Waals surface area contributed by atoms with Gasteiger partial charge in [-0.1, -0.05) is 18.2 Å². The summed E-state index contributed by atoms with van der Waals surface area (Å²) in [5.74, 6) is -0.177. The number of piperidine rings is 1. The smallest absolute Gasteiger partial charge is 0.387 e. The van der Waals surface area contributed by atoms with E-state index in [2.05, 4.69) is 15.0 Å². The van der Waals surface area contributed by atoms with E-state index in [4.69, 9.17) is 0 Å². The minimum Gasteiger partial charge on any atom is -0.435 e. The third-order valence-corrected chi connectivity index (χ3v) is 4.07. The number of nitrogens with zero attached hydrogens (tertiary/aromatic N) is 1. The van der Waals surface area contributed by atoms with Crippen LogP contribution in [0.4, 0.5) is 8.78 Å². The first-order valence-corrected chi connectivity index (χ1v) is 8.24. The number of hydrogen-bond acceptors (Lipinski definition) is 4. The van der Waals surface area contributed by atoms with Crippen LogP contribution in [0.1, 0.15) is 24.8 Å². The zero-order chi connectivity index (χ0) is 17.4. The van der Waals surface area contributed by atoms with Crippen LogP contribution in [-0.4, -0.2) is 54.8 Å². The monoisotopic (exact) mass is 342 g/mol. The highest BCUT2D eigenvalue weighted by atomic mass is 19.3. The number of carbonyl (C=O) groups excluding carboxylic acids is 1. The van der Waals surface area contributed by atoms with Crippen molar-refractivity contribution in [1.82, 2.24) is 10.2 Å². The van der Waals surface area contributed by atoms with Crippen molar-refractivity contribution < 1.29 is 23.4 Å². The third-order valence-electron chi connectivity index (χ3n) is 4.07. The number of alkyl halides is 2. The summed E-state index contributed by atoms with van der Waals surface area (Å²) in [6, 6.07) is 6.32. The van der Waals surface area contributed by atoms with Crippen molar-refractivity contribution in [3.8, 4) is 5.75 Å². The molecule has 0 unspecified atom stereocenters. The molecule has 134 valence electrons. The summed E-state index contributed by atoms with van der Waals surface area (Å²) >= 11 is 0. The Kier molecular flexibility index (Phi) is 7.39. The molecule has 0 atom stereocenters. The van der Waals surface area contributed by atoms with Gasteiger partial charge in [-0.05, 0) is 31.9 Å². The minimum atomic E-state index is -2.91. The predicted octanol–water partition coefficient (Wildman–Crippen LogP) is 1.79. The molecule has 5 nitrogen and oxygen atoms in total. The van der Waals surface area contributed by atoms with E-state index in [9.17, 15) is 18.7 Å². The molecule has 1 aromatic carbocycles. The van der Waals surface area contributed by atoms with Crippen LogP contribution in [0, 0.1) is 0 Å². The lowest BCUT2D eigenvalue weighted by Crippen LogP contribution is -2.37. The zero-order valence-corrected chi connectivity index (χ0v) is 13.6. The Labute approximate surface area is 140 Å². The van der Waals surface area contributed by atoms with Crippen LogP contribution in [0.3, 0.4) is 0 Å². The number of ether oxygens (including phenoxy) is 1. The summed E-state index contributed by atoms with van der Waals surface area (Å²) in [5.41, 5.74) is 0.445. The Bertz CT molecular complexity index is 520. The molecule has 1 amide bonds. The van der Waals surface area contributed by atoms with Crippen LogP contribution in [0.25, 0.3) is 0 Å². The van der Waals surface area contributed by atoms with E-state index >= 15 is 0 Å². The Hall–Kier alpha value is -1.73. The molecule has 0 aromatic heterocycles. The number of para-hydroxylation sites is 1. The van der Waals surface area contributed by atoms with Gasteiger partial charge in [0, 0.05) is 25.2 Å². The molecule has 0 saturated carbocycles. The van der Waals surface area contributed by atoms with Gasteiger partial charge in [-0.25, -0.2) is 0 Å². The van der Waals surface area contributed by atoms with Crippen LogP contribution in [-0.2, 0) is 11.2 Å². The van der Waals surface area contributed by atoms with Gasteiger partial charge in [-0.15, -0.1) is 0 Å². The lowest BCUT2D eigenvalue weighted by atomic mass is 10.1. The summed E-state index contributed by atoms with van der Waals surface area (Å²) in [5, 5.41) is 12.2. The molecule has 0 spiro atoms. The molecule has 0 bridgehead atoms. The molecule has 7 heteroatoms. The Morgan fingerprint density at radius 1 is 1.33 bits per heavy atom. The largest absolute Gasteiger partial charge is 0.435 e. The van der Waals surface area contributed by atoms with Gasteiger partial charge in [0.1, 0.15) is 5.75 Å². The van der Waals surface area contributed by atoms with Gasteiger partial charge in [0.25, 0.3) is 0 Å². The number of likely N-dealkylation sites (tertiary alicyclic amines) is 1. The molecule has 1 aromatic rings. The maximum Gasteiger partial charge on any atom is 0.387 e. The average Bonchev–Trinajstić information content (AvgIpc) is 2.55. The Morgan fingerprint density at radius 2 is 2.04 bits per heavy atom. The van der Waals surface area contributed by atoms with Gasteiger partial charge >= 0.3 is 6.61 Å². The van der Waals surface area contributed by atoms with Crippen molar-refractivity contribution in [1.29, 1.82) is 0 Å². The van der Waals surface area contributed by atoms with Crippen molar-refractivity contribution >= 4 is 5.91 Å². The second-order valence-electron chi connectivity index (χ2n) is 5.94. The number of halogens is 2. The summed E-state index contributed by atoms with van der Waals surface area (Å²) in [6.07, 6.45) is 2.24. The lowest BCUT2D eigenvalue weighted by Gasteiger charge is -2.29. The molecular formula is C17H24F2N2O3. The lowest BCUT2D eigenvalue weighted by molar-refractivity contribution is -0.120. The zero-order valence-electron chi connectivity index (χ0n) is 13.6. The fraction of sp³-hybridized carbons (Fsp3) is 0.588. The predicted molar refractivity (Wildman–Crippen MR) is 86.1 cm³/mol. The van der Waals surface area contributed by atoms with Crippen LogP contribution in [0.2, 0.25) is 0 Å². The normalized spacial score (nSPS) is 16.3. The SMILES string of the molecule is O=C(Cc1ccccc1OC(F)F)NCCCN1CCC(O)CC1. The fourth-order valence-electron chi connectivity index (χ4n) is 2.77. The molecule has 24 heavy (non-hydrogen) atoms. The van der Waals surface area contributed by atoms with E-state index in [1.807, 2.05) is 0 Å². The molecule has 1 heterocycles. The standard InChI is InChI=1S/C17H24F2N2O3/c18-17(19)24-15-5-2-1-4-13(15)12-16(23)20-8-3-9-21-10-6-14(22)7-11-21/h1-2,4-5,14,17,22H,3,6-12H2,(H,20,23). The van der Waals surface area contributed by atoms with Crippen molar-refractivity contribution in [2.45, 2.75) is 38.4 Å². The van der Waals surface area contributed by atoms with E-state index < -0.39 is 6.61 Å². The molecule has 0 aliphatic carbocycles. The van der Waals surface area contributed by atoms with E-state index in [1.165, 1.54) is 6.07 Å². The molecule has 0 radical (unpaired) electrons. The molecule has 2 N–H and O–H groups in total. The number of carbonyl (C=O) groups is 1. The van der Waals surface area contributed by atoms with Crippen LogP contribution >= 0.6 is 0 Å². The minimum absolute atomic E-state index is 0.0127. The number of amides is 1. The van der Waals surface area contributed by atoms with Gasteiger partial charge in [-0.2, -0.15) is 8.78 Å². The van der Waals surface area contributed by atoms with E-state index in [0.717, 1.165) is 38.9 Å². The first kappa shape index (κ1) is 18.6. The van der Waals surface area contributed by atoms with Crippen molar-refractivity contribution in [3.63, 3.8) is 0 Å². The summed E-state index contributed by atoms with van der Waals surface area (Å²) < 4.78 is 29.1. The first-order chi connectivity index (χ1) is 11.5. The molecular weight excluding hydrogens is 318 g/mol. The number of aliphatic hydroxyl groups excluding tert-OH is 1. The quantitative estimate of drug-likeness (QED) is 0.707. The van der Waals surface area contributed by atoms with Crippen molar-refractivity contribution in [2.24, 2.45) is 0 Å². The van der Waals surface area contributed by atoms with Gasteiger partial charge in [0.15, 0.2) is 0 Å². The fourth-order valence-corrected chi connectivity index (χ4v) is 2.77. The average molecular weight is 342 g/mol. The maximum atomic E-state index is 12.3. The van der Waals surface area contributed by atoms with Crippen LogP contribution < -0.4 is 10.1 Å². The van der Waals surface area contributed by atoms with Crippen molar-refractivity contribution in [2.75, 3.05) is 26.2 Å². The number of nitrogens with one attached hydrogen (secondary N) is 1. The number of rotatable bonds is 8. The van der Waals surface area contributed by atoms with Crippen LogP contribution in [0.15, 0.2) is 24.3 Å². The van der Waals surface area contributed by atoms with Gasteiger partial charge in [0.05, 0.1) is 12.5 Å². The van der Waals surface area contributed by atoms with E-state index in [0.29, 0.717) is 12.1 Å². The second-order valence-corrected chi connectivity index (χ2v) is 5.94. The summed E-state index contributed by atoms with van der Waals surface area (Å²) in [7, 11) is 0.